The standard InChI is InChI=1S/C18H16BrN5O2/c1-10(25)24-8-12(9-24)11-5-15-16(22-23-17(15)20-7-11)18(26)21-14-4-2-3-13(19)6-14/h2-7,12H,8-9H2,1H3,(H,21,26)(H,20,22,23). The molecule has 26 heavy (non-hydrogen) atoms. The van der Waals surface area contributed by atoms with Crippen LogP contribution in [0.1, 0.15) is 28.9 Å². The van der Waals surface area contributed by atoms with Crippen molar-refractivity contribution in [3.63, 3.8) is 0 Å². The lowest BCUT2D eigenvalue weighted by atomic mass is 9.92. The Morgan fingerprint density at radius 2 is 2.12 bits per heavy atom. The zero-order valence-electron chi connectivity index (χ0n) is 14.0. The molecule has 1 aliphatic heterocycles. The second-order valence-electron chi connectivity index (χ2n) is 6.32. The average molecular weight is 414 g/mol. The number of aromatic amines is 1. The van der Waals surface area contributed by atoms with E-state index in [0.29, 0.717) is 35.5 Å². The lowest BCUT2D eigenvalue weighted by Crippen LogP contribution is -2.47. The predicted octanol–water partition coefficient (Wildman–Crippen LogP) is 2.92. The van der Waals surface area contributed by atoms with Gasteiger partial charge < -0.3 is 10.2 Å². The van der Waals surface area contributed by atoms with Crippen LogP contribution in [0.15, 0.2) is 41.0 Å². The van der Waals surface area contributed by atoms with Crippen LogP contribution in [0.5, 0.6) is 0 Å². The van der Waals surface area contributed by atoms with Gasteiger partial charge in [0.15, 0.2) is 5.65 Å². The molecule has 0 saturated carbocycles. The van der Waals surface area contributed by atoms with Crippen LogP contribution < -0.4 is 5.32 Å². The third-order valence-electron chi connectivity index (χ3n) is 4.54. The molecule has 0 aliphatic carbocycles. The number of carbonyl (C=O) groups is 2. The number of likely N-dealkylation sites (tertiary alicyclic amines) is 1. The SMILES string of the molecule is CC(=O)N1CC(c2cnc3n[nH]c(C(=O)Nc4cccc(Br)c4)c3c2)C1. The minimum atomic E-state index is -0.275. The molecule has 1 aromatic carbocycles. The highest BCUT2D eigenvalue weighted by Crippen LogP contribution is 2.29. The molecule has 8 heteroatoms. The number of H-pyrrole nitrogens is 1. The number of amides is 2. The lowest BCUT2D eigenvalue weighted by molar-refractivity contribution is -0.133. The fourth-order valence-corrected chi connectivity index (χ4v) is 3.42. The molecule has 1 saturated heterocycles. The number of hydrogen-bond donors (Lipinski definition) is 2. The number of carbonyl (C=O) groups excluding carboxylic acids is 2. The Balaban J connectivity index is 1.58. The highest BCUT2D eigenvalue weighted by molar-refractivity contribution is 9.10. The van der Waals surface area contributed by atoms with Crippen LogP contribution in [0.3, 0.4) is 0 Å². The molecule has 1 aliphatic rings. The molecule has 0 spiro atoms. The minimum absolute atomic E-state index is 0.0766. The summed E-state index contributed by atoms with van der Waals surface area (Å²) in [6.07, 6.45) is 1.77. The molecule has 0 bridgehead atoms. The van der Waals surface area contributed by atoms with Gasteiger partial charge >= 0.3 is 0 Å². The third kappa shape index (κ3) is 3.08. The molecule has 1 fully saturated rings. The van der Waals surface area contributed by atoms with E-state index in [1.165, 1.54) is 0 Å². The van der Waals surface area contributed by atoms with Crippen molar-refractivity contribution in [2.75, 3.05) is 18.4 Å². The molecule has 0 atom stereocenters. The number of nitrogens with one attached hydrogen (secondary N) is 2. The van der Waals surface area contributed by atoms with Gasteiger partial charge in [0.05, 0.1) is 5.39 Å². The third-order valence-corrected chi connectivity index (χ3v) is 5.03. The number of rotatable bonds is 3. The Morgan fingerprint density at radius 1 is 1.31 bits per heavy atom. The Labute approximate surface area is 157 Å². The molecule has 2 amide bonds. The first-order valence-corrected chi connectivity index (χ1v) is 8.97. The largest absolute Gasteiger partial charge is 0.342 e. The van der Waals surface area contributed by atoms with Gasteiger partial charge in [-0.05, 0) is 29.8 Å². The van der Waals surface area contributed by atoms with Crippen molar-refractivity contribution < 1.29 is 9.59 Å². The van der Waals surface area contributed by atoms with Gasteiger partial charge in [-0.25, -0.2) is 4.98 Å². The first kappa shape index (κ1) is 16.7. The summed E-state index contributed by atoms with van der Waals surface area (Å²) in [4.78, 5) is 30.1. The van der Waals surface area contributed by atoms with Crippen molar-refractivity contribution in [2.45, 2.75) is 12.8 Å². The van der Waals surface area contributed by atoms with E-state index in [-0.39, 0.29) is 17.7 Å². The summed E-state index contributed by atoms with van der Waals surface area (Å²) in [6.45, 7) is 2.93. The van der Waals surface area contributed by atoms with Crippen molar-refractivity contribution in [3.8, 4) is 0 Å². The number of pyridine rings is 1. The highest BCUT2D eigenvalue weighted by atomic mass is 79.9. The number of halogens is 1. The molecule has 7 nitrogen and oxygen atoms in total. The van der Waals surface area contributed by atoms with Crippen LogP contribution in [0.4, 0.5) is 5.69 Å². The van der Waals surface area contributed by atoms with Crippen LogP contribution in [0.25, 0.3) is 11.0 Å². The van der Waals surface area contributed by atoms with E-state index in [1.807, 2.05) is 30.3 Å². The van der Waals surface area contributed by atoms with Gasteiger partial charge in [-0.15, -0.1) is 0 Å². The summed E-state index contributed by atoms with van der Waals surface area (Å²) in [5.41, 5.74) is 2.56. The quantitative estimate of drug-likeness (QED) is 0.690. The van der Waals surface area contributed by atoms with Gasteiger partial charge in [0.25, 0.3) is 5.91 Å². The maximum Gasteiger partial charge on any atom is 0.274 e. The number of fused-ring (bicyclic) bond motifs is 1. The van der Waals surface area contributed by atoms with E-state index >= 15 is 0 Å². The van der Waals surface area contributed by atoms with Gasteiger partial charge in [0.1, 0.15) is 5.69 Å². The van der Waals surface area contributed by atoms with E-state index < -0.39 is 0 Å². The normalized spacial score (nSPS) is 14.3. The van der Waals surface area contributed by atoms with Crippen molar-refractivity contribution >= 4 is 44.5 Å². The van der Waals surface area contributed by atoms with Gasteiger partial charge in [-0.1, -0.05) is 22.0 Å². The molecular weight excluding hydrogens is 398 g/mol. The number of anilines is 1. The zero-order chi connectivity index (χ0) is 18.3. The van der Waals surface area contributed by atoms with E-state index in [4.69, 9.17) is 0 Å². The fourth-order valence-electron chi connectivity index (χ4n) is 3.02. The zero-order valence-corrected chi connectivity index (χ0v) is 15.6. The smallest absolute Gasteiger partial charge is 0.274 e. The van der Waals surface area contributed by atoms with E-state index in [9.17, 15) is 9.59 Å². The van der Waals surface area contributed by atoms with Crippen LogP contribution in [0.2, 0.25) is 0 Å². The first-order valence-electron chi connectivity index (χ1n) is 8.17. The molecular formula is C18H16BrN5O2. The molecule has 0 unspecified atom stereocenters. The summed E-state index contributed by atoms with van der Waals surface area (Å²) < 4.78 is 0.883. The van der Waals surface area contributed by atoms with Crippen molar-refractivity contribution in [3.05, 3.63) is 52.3 Å². The van der Waals surface area contributed by atoms with Crippen molar-refractivity contribution in [1.82, 2.24) is 20.1 Å². The Kier molecular flexibility index (Phi) is 4.20. The molecule has 2 N–H and O–H groups in total. The highest BCUT2D eigenvalue weighted by Gasteiger charge is 2.30. The Morgan fingerprint density at radius 3 is 2.85 bits per heavy atom. The van der Waals surface area contributed by atoms with E-state index in [0.717, 1.165) is 10.0 Å². The topological polar surface area (TPSA) is 91.0 Å². The number of nitrogens with zero attached hydrogens (tertiary/aromatic N) is 3. The average Bonchev–Trinajstić information content (AvgIpc) is 2.96. The maximum absolute atomic E-state index is 12.6. The van der Waals surface area contributed by atoms with Crippen LogP contribution in [-0.4, -0.2) is 45.0 Å². The Bertz CT molecular complexity index is 1010. The summed E-state index contributed by atoms with van der Waals surface area (Å²) in [7, 11) is 0. The summed E-state index contributed by atoms with van der Waals surface area (Å²) in [5.74, 6) is 0.0444. The van der Waals surface area contributed by atoms with Gasteiger partial charge in [-0.3, -0.25) is 14.7 Å². The Hall–Kier alpha value is -2.74. The molecule has 3 heterocycles. The summed E-state index contributed by atoms with van der Waals surface area (Å²) >= 11 is 3.39. The predicted molar refractivity (Wildman–Crippen MR) is 101 cm³/mol. The van der Waals surface area contributed by atoms with Crippen LogP contribution >= 0.6 is 15.9 Å². The maximum atomic E-state index is 12.6. The summed E-state index contributed by atoms with van der Waals surface area (Å²) in [6, 6.07) is 9.31. The van der Waals surface area contributed by atoms with Crippen LogP contribution in [0, 0.1) is 0 Å². The molecule has 0 radical (unpaired) electrons. The van der Waals surface area contributed by atoms with Crippen LogP contribution in [-0.2, 0) is 4.79 Å². The van der Waals surface area contributed by atoms with Gasteiger partial charge in [-0.2, -0.15) is 5.10 Å². The number of hydrogen-bond acceptors (Lipinski definition) is 4. The van der Waals surface area contributed by atoms with E-state index in [2.05, 4.69) is 36.4 Å². The lowest BCUT2D eigenvalue weighted by Gasteiger charge is -2.38. The van der Waals surface area contributed by atoms with Crippen molar-refractivity contribution in [2.24, 2.45) is 0 Å². The monoisotopic (exact) mass is 413 g/mol. The fraction of sp³-hybridized carbons (Fsp3) is 0.222. The van der Waals surface area contributed by atoms with E-state index in [1.54, 1.807) is 18.0 Å². The van der Waals surface area contributed by atoms with Gasteiger partial charge in [0, 0.05) is 42.3 Å². The molecule has 2 aromatic heterocycles. The summed E-state index contributed by atoms with van der Waals surface area (Å²) in [5, 5.41) is 10.4. The first-order chi connectivity index (χ1) is 12.5. The number of aromatic nitrogens is 3. The minimum Gasteiger partial charge on any atom is -0.342 e. The van der Waals surface area contributed by atoms with Gasteiger partial charge in [0.2, 0.25) is 5.91 Å². The molecule has 132 valence electrons. The van der Waals surface area contributed by atoms with Crippen molar-refractivity contribution in [1.29, 1.82) is 0 Å². The second kappa shape index (κ2) is 6.53. The molecule has 3 aromatic rings. The molecule has 4 rings (SSSR count). The number of benzene rings is 1. The second-order valence-corrected chi connectivity index (χ2v) is 7.24.